The summed E-state index contributed by atoms with van der Waals surface area (Å²) in [4.78, 5) is 89.4. The fraction of sp³-hybridized carbons (Fsp3) is 0.423. The Morgan fingerprint density at radius 3 is 2.40 bits per heavy atom. The van der Waals surface area contributed by atoms with Crippen LogP contribution in [0.3, 0.4) is 0 Å². The number of imide groups is 1. The maximum atomic E-state index is 13.6. The number of thioether (sulfide) groups is 1. The summed E-state index contributed by atoms with van der Waals surface area (Å²) in [5.74, 6) is -5.77. The van der Waals surface area contributed by atoms with E-state index in [2.05, 4.69) is 10.6 Å². The van der Waals surface area contributed by atoms with Gasteiger partial charge < -0.3 is 30.5 Å². The summed E-state index contributed by atoms with van der Waals surface area (Å²) < 4.78 is 4.92. The molecule has 42 heavy (non-hydrogen) atoms. The maximum absolute atomic E-state index is 13.6. The molecule has 2 unspecified atom stereocenters. The smallest absolute Gasteiger partial charge is 0.352 e. The van der Waals surface area contributed by atoms with Gasteiger partial charge in [-0.25, -0.2) is 9.59 Å². The van der Waals surface area contributed by atoms with Crippen molar-refractivity contribution >= 4 is 53.4 Å². The third-order valence-electron chi connectivity index (χ3n) is 7.12. The van der Waals surface area contributed by atoms with E-state index in [4.69, 9.17) is 4.74 Å². The molecule has 2 fully saturated rings. The van der Waals surface area contributed by atoms with Crippen LogP contribution in [0.25, 0.3) is 0 Å². The molecule has 0 aliphatic carbocycles. The van der Waals surface area contributed by atoms with E-state index in [1.54, 1.807) is 25.1 Å². The zero-order valence-corrected chi connectivity index (χ0v) is 23.5. The number of carboxylic acids is 1. The zero-order valence-electron chi connectivity index (χ0n) is 22.7. The highest BCUT2D eigenvalue weighted by atomic mass is 32.2. The number of piperazine rings is 1. The number of fused-ring (bicyclic) bond motifs is 1. The molecule has 0 spiro atoms. The monoisotopic (exact) mass is 603 g/mol. The normalized spacial score (nSPS) is 22.7. The predicted molar refractivity (Wildman–Crippen MR) is 144 cm³/mol. The number of carbonyl (C=O) groups is 7. The molecule has 0 aromatic heterocycles. The van der Waals surface area contributed by atoms with E-state index in [0.717, 1.165) is 23.6 Å². The average Bonchev–Trinajstić information content (AvgIpc) is 2.98. The van der Waals surface area contributed by atoms with Gasteiger partial charge in [0.1, 0.15) is 29.3 Å². The van der Waals surface area contributed by atoms with E-state index in [1.807, 2.05) is 0 Å². The van der Waals surface area contributed by atoms with Gasteiger partial charge in [-0.3, -0.25) is 33.8 Å². The lowest BCUT2D eigenvalue weighted by Gasteiger charge is -2.58. The second-order valence-electron chi connectivity index (χ2n) is 9.58. The van der Waals surface area contributed by atoms with Gasteiger partial charge in [0.15, 0.2) is 0 Å². The Hall–Kier alpha value is -4.44. The number of benzene rings is 1. The van der Waals surface area contributed by atoms with Gasteiger partial charge in [-0.1, -0.05) is 30.3 Å². The molecule has 3 aliphatic rings. The molecular weight excluding hydrogens is 574 g/mol. The number of carbonyl (C=O) groups excluding carboxylic acids is 6. The topological polar surface area (TPSA) is 203 Å². The summed E-state index contributed by atoms with van der Waals surface area (Å²) in [6.07, 6.45) is 0. The number of nitrogens with one attached hydrogen (secondary N) is 2. The van der Waals surface area contributed by atoms with Crippen molar-refractivity contribution in [1.29, 1.82) is 0 Å². The Bertz CT molecular complexity index is 1370. The number of nitrogens with zero attached hydrogens (tertiary/aromatic N) is 3. The highest BCUT2D eigenvalue weighted by Gasteiger charge is 2.65. The first-order valence-corrected chi connectivity index (χ1v) is 13.9. The van der Waals surface area contributed by atoms with Crippen molar-refractivity contribution in [3.05, 3.63) is 47.2 Å². The number of aliphatic hydroxyl groups is 1. The van der Waals surface area contributed by atoms with E-state index in [0.29, 0.717) is 10.5 Å². The number of urea groups is 1. The Balaban J connectivity index is 1.57. The molecule has 0 radical (unpaired) electrons. The van der Waals surface area contributed by atoms with Gasteiger partial charge >= 0.3 is 29.8 Å². The SMILES string of the molecule is CCN1CCN(C(=O)NC(C(=O)N[C@@H]2C(=O)N3C(C(=O)O)=C(COC(C)=O)CSC23CO)c2ccccc2)C(=O)C1=O. The van der Waals surface area contributed by atoms with Gasteiger partial charge in [0.25, 0.3) is 5.91 Å². The molecule has 4 rings (SSSR count). The van der Waals surface area contributed by atoms with E-state index >= 15 is 0 Å². The number of hydrogen-bond acceptors (Lipinski definition) is 10. The van der Waals surface area contributed by atoms with Crippen LogP contribution in [0, 0.1) is 0 Å². The zero-order chi connectivity index (χ0) is 30.8. The molecule has 224 valence electrons. The average molecular weight is 604 g/mol. The summed E-state index contributed by atoms with van der Waals surface area (Å²) >= 11 is 0.988. The van der Waals surface area contributed by atoms with E-state index < -0.39 is 70.9 Å². The van der Waals surface area contributed by atoms with Crippen LogP contribution in [0.15, 0.2) is 41.6 Å². The van der Waals surface area contributed by atoms with Gasteiger partial charge in [-0.05, 0) is 12.5 Å². The third-order valence-corrected chi connectivity index (χ3v) is 8.66. The highest BCUT2D eigenvalue weighted by molar-refractivity contribution is 8.01. The van der Waals surface area contributed by atoms with Gasteiger partial charge in [0.05, 0.1) is 6.61 Å². The number of β-lactam (4-membered cyclic amide) rings is 1. The predicted octanol–water partition coefficient (Wildman–Crippen LogP) is -1.21. The Kier molecular flexibility index (Phi) is 8.86. The minimum Gasteiger partial charge on any atom is -0.477 e. The Morgan fingerprint density at radius 1 is 1.12 bits per heavy atom. The van der Waals surface area contributed by atoms with Crippen molar-refractivity contribution < 1.29 is 48.5 Å². The number of esters is 1. The molecule has 15 nitrogen and oxygen atoms in total. The van der Waals surface area contributed by atoms with Crippen LogP contribution in [0.1, 0.15) is 25.5 Å². The Morgan fingerprint density at radius 2 is 1.81 bits per heavy atom. The number of amides is 6. The standard InChI is InChI=1S/C26H29N5O10S/c1-3-29-9-10-30(23(37)22(29)36)25(40)27-17(15-7-5-4-6-8-15)20(34)28-19-21(35)31-18(24(38)39)16(11-41-14(2)33)12-42-26(19,31)13-32/h4-8,17,19,32H,3,9-13H2,1-2H3,(H,27,40)(H,28,34)(H,38,39)/t17?,19-,26?/m1/s1. The quantitative estimate of drug-likeness (QED) is 0.150. The van der Waals surface area contributed by atoms with Crippen molar-refractivity contribution in [2.24, 2.45) is 0 Å². The highest BCUT2D eigenvalue weighted by Crippen LogP contribution is 2.49. The van der Waals surface area contributed by atoms with Gasteiger partial charge in [-0.15, -0.1) is 11.8 Å². The number of rotatable bonds is 9. The molecule has 0 saturated carbocycles. The van der Waals surface area contributed by atoms with Crippen LogP contribution in [-0.2, 0) is 33.5 Å². The van der Waals surface area contributed by atoms with Gasteiger partial charge in [0, 0.05) is 37.9 Å². The number of carboxylic acid groups (broad SMARTS) is 1. The molecule has 4 N–H and O–H groups in total. The van der Waals surface area contributed by atoms with E-state index in [-0.39, 0.29) is 37.6 Å². The lowest BCUT2D eigenvalue weighted by atomic mass is 9.91. The van der Waals surface area contributed by atoms with E-state index in [9.17, 15) is 43.8 Å². The Labute approximate surface area is 243 Å². The minimum absolute atomic E-state index is 0.0235. The number of likely N-dealkylation sites (N-methyl/N-ethyl adjacent to an activating group) is 1. The second kappa shape index (κ2) is 12.2. The van der Waals surface area contributed by atoms with Crippen molar-refractivity contribution in [3.8, 4) is 0 Å². The fourth-order valence-electron chi connectivity index (χ4n) is 4.93. The number of aliphatic hydroxyl groups excluding tert-OH is 1. The lowest BCUT2D eigenvalue weighted by molar-refractivity contribution is -0.160. The molecule has 16 heteroatoms. The molecule has 1 aromatic carbocycles. The summed E-state index contributed by atoms with van der Waals surface area (Å²) in [6, 6.07) is 4.14. The summed E-state index contributed by atoms with van der Waals surface area (Å²) in [5.41, 5.74) is -0.0225. The largest absolute Gasteiger partial charge is 0.477 e. The minimum atomic E-state index is -1.58. The van der Waals surface area contributed by atoms with Gasteiger partial charge in [-0.2, -0.15) is 0 Å². The summed E-state index contributed by atoms with van der Waals surface area (Å²) in [6.45, 7) is 2.06. The van der Waals surface area contributed by atoms with Gasteiger partial charge in [0.2, 0.25) is 5.91 Å². The van der Waals surface area contributed by atoms with Crippen LogP contribution < -0.4 is 10.6 Å². The summed E-state index contributed by atoms with van der Waals surface area (Å²) in [5, 5.41) is 25.1. The molecule has 3 heterocycles. The molecule has 3 aliphatic heterocycles. The van der Waals surface area contributed by atoms with Crippen molar-refractivity contribution in [2.75, 3.05) is 38.6 Å². The number of ether oxygens (including phenoxy) is 1. The molecule has 0 bridgehead atoms. The van der Waals surface area contributed by atoms with Crippen LogP contribution >= 0.6 is 11.8 Å². The molecule has 1 aromatic rings. The third kappa shape index (κ3) is 5.42. The van der Waals surface area contributed by atoms with Crippen molar-refractivity contribution in [3.63, 3.8) is 0 Å². The first kappa shape index (κ1) is 30.5. The number of aliphatic carboxylic acids is 1. The summed E-state index contributed by atoms with van der Waals surface area (Å²) in [7, 11) is 0. The van der Waals surface area contributed by atoms with Crippen LogP contribution in [-0.4, -0.2) is 116 Å². The lowest BCUT2D eigenvalue weighted by Crippen LogP contribution is -2.80. The first-order chi connectivity index (χ1) is 20.0. The van der Waals surface area contributed by atoms with E-state index in [1.165, 1.54) is 17.0 Å². The molecule has 2 saturated heterocycles. The fourth-order valence-corrected chi connectivity index (χ4v) is 6.30. The maximum Gasteiger partial charge on any atom is 0.352 e. The van der Waals surface area contributed by atoms with Crippen molar-refractivity contribution in [1.82, 2.24) is 25.3 Å². The number of hydrogen-bond donors (Lipinski definition) is 4. The molecule has 6 amide bonds. The van der Waals surface area contributed by atoms with Crippen molar-refractivity contribution in [2.45, 2.75) is 30.8 Å². The molecular formula is C26H29N5O10S. The molecule has 3 atom stereocenters. The first-order valence-electron chi connectivity index (χ1n) is 12.9. The van der Waals surface area contributed by atoms with Crippen LogP contribution in [0.2, 0.25) is 0 Å². The van der Waals surface area contributed by atoms with Crippen LogP contribution in [0.4, 0.5) is 4.79 Å². The van der Waals surface area contributed by atoms with Crippen LogP contribution in [0.5, 0.6) is 0 Å². The second-order valence-corrected chi connectivity index (χ2v) is 10.9.